The summed E-state index contributed by atoms with van der Waals surface area (Å²) in [7, 11) is 0. The zero-order chi connectivity index (χ0) is 18.1. The van der Waals surface area contributed by atoms with E-state index in [1.165, 1.54) is 34.0 Å². The Hall–Kier alpha value is -1.42. The fourth-order valence-electron chi connectivity index (χ4n) is 5.21. The van der Waals surface area contributed by atoms with Crippen molar-refractivity contribution in [3.8, 4) is 0 Å². The van der Waals surface area contributed by atoms with Crippen LogP contribution in [0.2, 0.25) is 0 Å². The molecule has 0 unspecified atom stereocenters. The van der Waals surface area contributed by atoms with Gasteiger partial charge in [0.1, 0.15) is 0 Å². The number of aryl methyl sites for hydroxylation is 1. The number of fused-ring (bicyclic) bond motifs is 3. The molecule has 0 aromatic heterocycles. The average Bonchev–Trinajstić information content (AvgIpc) is 3.01. The van der Waals surface area contributed by atoms with Gasteiger partial charge in [-0.25, -0.2) is 0 Å². The summed E-state index contributed by atoms with van der Waals surface area (Å²) in [6.45, 7) is 6.19. The van der Waals surface area contributed by atoms with Gasteiger partial charge >= 0.3 is 0 Å². The molecule has 1 saturated heterocycles. The third-order valence-corrected chi connectivity index (χ3v) is 7.12. The SMILES string of the molecule is C=CC[C@@]12CCc3cccc(Br)c3[C@@H]1CCN2Cc1ccccc1CO. The molecule has 0 saturated carbocycles. The van der Waals surface area contributed by atoms with E-state index >= 15 is 0 Å². The van der Waals surface area contributed by atoms with Gasteiger partial charge in [0.15, 0.2) is 0 Å². The molecular formula is C23H26BrNO. The van der Waals surface area contributed by atoms with E-state index in [0.29, 0.717) is 5.92 Å². The second-order valence-electron chi connectivity index (χ2n) is 7.60. The highest BCUT2D eigenvalue weighted by Crippen LogP contribution is 2.53. The Bertz CT molecular complexity index is 818. The van der Waals surface area contributed by atoms with Crippen LogP contribution < -0.4 is 0 Å². The van der Waals surface area contributed by atoms with Gasteiger partial charge in [-0.05, 0) is 60.5 Å². The number of likely N-dealkylation sites (tertiary alicyclic amines) is 1. The predicted molar refractivity (Wildman–Crippen MR) is 110 cm³/mol. The minimum atomic E-state index is 0.107. The number of rotatable bonds is 5. The van der Waals surface area contributed by atoms with Crippen LogP contribution in [-0.4, -0.2) is 22.1 Å². The standard InChI is InChI=1S/C23H26BrNO/c1-2-12-23-13-10-17-8-5-9-21(24)22(17)20(23)11-14-25(23)15-18-6-3-4-7-19(18)16-26/h2-9,20,26H,1,10-16H2/t20-,23+/m0/s1. The topological polar surface area (TPSA) is 23.5 Å². The van der Waals surface area contributed by atoms with Crippen molar-refractivity contribution in [3.05, 3.63) is 81.8 Å². The van der Waals surface area contributed by atoms with Gasteiger partial charge in [-0.2, -0.15) is 0 Å². The zero-order valence-corrected chi connectivity index (χ0v) is 16.7. The zero-order valence-electron chi connectivity index (χ0n) is 15.1. The van der Waals surface area contributed by atoms with Crippen LogP contribution in [0.5, 0.6) is 0 Å². The lowest BCUT2D eigenvalue weighted by Gasteiger charge is -2.46. The maximum Gasteiger partial charge on any atom is 0.0685 e. The molecule has 0 spiro atoms. The molecule has 4 rings (SSSR count). The van der Waals surface area contributed by atoms with Gasteiger partial charge < -0.3 is 5.11 Å². The fraction of sp³-hybridized carbons (Fsp3) is 0.391. The Balaban J connectivity index is 1.72. The van der Waals surface area contributed by atoms with E-state index in [-0.39, 0.29) is 12.1 Å². The second kappa shape index (κ2) is 7.30. The van der Waals surface area contributed by atoms with Crippen molar-refractivity contribution in [2.24, 2.45) is 0 Å². The summed E-state index contributed by atoms with van der Waals surface area (Å²) in [5.41, 5.74) is 5.44. The summed E-state index contributed by atoms with van der Waals surface area (Å²) in [4.78, 5) is 2.66. The Morgan fingerprint density at radius 2 is 2.00 bits per heavy atom. The highest BCUT2D eigenvalue weighted by atomic mass is 79.9. The molecule has 3 heteroatoms. The van der Waals surface area contributed by atoms with E-state index in [1.54, 1.807) is 0 Å². The van der Waals surface area contributed by atoms with Crippen molar-refractivity contribution in [2.45, 2.75) is 50.3 Å². The molecule has 1 aliphatic heterocycles. The van der Waals surface area contributed by atoms with Crippen molar-refractivity contribution in [1.82, 2.24) is 4.90 Å². The van der Waals surface area contributed by atoms with Gasteiger partial charge in [0.2, 0.25) is 0 Å². The molecule has 2 aromatic rings. The minimum Gasteiger partial charge on any atom is -0.392 e. The third-order valence-electron chi connectivity index (χ3n) is 6.43. The van der Waals surface area contributed by atoms with Gasteiger partial charge in [-0.15, -0.1) is 6.58 Å². The lowest BCUT2D eigenvalue weighted by Crippen LogP contribution is -2.48. The van der Waals surface area contributed by atoms with Crippen LogP contribution in [0.25, 0.3) is 0 Å². The first kappa shape index (κ1) is 18.0. The molecule has 1 N–H and O–H groups in total. The molecule has 2 atom stereocenters. The fourth-order valence-corrected chi connectivity index (χ4v) is 5.90. The smallest absolute Gasteiger partial charge is 0.0685 e. The normalized spacial score (nSPS) is 24.9. The van der Waals surface area contributed by atoms with Gasteiger partial charge in [-0.1, -0.05) is 58.4 Å². The quantitative estimate of drug-likeness (QED) is 0.683. The van der Waals surface area contributed by atoms with E-state index < -0.39 is 0 Å². The Kier molecular flexibility index (Phi) is 5.05. The molecule has 2 aromatic carbocycles. The maximum atomic E-state index is 9.72. The first-order valence-corrected chi connectivity index (χ1v) is 10.3. The van der Waals surface area contributed by atoms with Gasteiger partial charge in [-0.3, -0.25) is 4.90 Å². The van der Waals surface area contributed by atoms with E-state index in [2.05, 4.69) is 63.8 Å². The molecule has 0 bridgehead atoms. The molecule has 2 aliphatic rings. The van der Waals surface area contributed by atoms with E-state index in [0.717, 1.165) is 31.5 Å². The first-order valence-electron chi connectivity index (χ1n) is 9.50. The summed E-state index contributed by atoms with van der Waals surface area (Å²) in [6.07, 6.45) is 6.60. The summed E-state index contributed by atoms with van der Waals surface area (Å²) in [5, 5.41) is 9.72. The van der Waals surface area contributed by atoms with Crippen LogP contribution >= 0.6 is 15.9 Å². The van der Waals surface area contributed by atoms with Crippen LogP contribution in [-0.2, 0) is 19.6 Å². The van der Waals surface area contributed by atoms with Crippen LogP contribution in [0.15, 0.2) is 59.6 Å². The number of hydrogen-bond donors (Lipinski definition) is 1. The molecule has 0 amide bonds. The van der Waals surface area contributed by atoms with Crippen molar-refractivity contribution in [3.63, 3.8) is 0 Å². The summed E-state index contributed by atoms with van der Waals surface area (Å²) in [6, 6.07) is 14.9. The lowest BCUT2D eigenvalue weighted by atomic mass is 9.68. The number of benzene rings is 2. The number of nitrogens with zero attached hydrogens (tertiary/aromatic N) is 1. The average molecular weight is 412 g/mol. The van der Waals surface area contributed by atoms with E-state index in [4.69, 9.17) is 0 Å². The highest BCUT2D eigenvalue weighted by Gasteiger charge is 2.51. The van der Waals surface area contributed by atoms with Crippen molar-refractivity contribution < 1.29 is 5.11 Å². The van der Waals surface area contributed by atoms with Crippen molar-refractivity contribution in [2.75, 3.05) is 6.54 Å². The Morgan fingerprint density at radius 1 is 1.19 bits per heavy atom. The van der Waals surface area contributed by atoms with Gasteiger partial charge in [0.05, 0.1) is 6.61 Å². The van der Waals surface area contributed by atoms with Crippen LogP contribution in [0.3, 0.4) is 0 Å². The van der Waals surface area contributed by atoms with E-state index in [9.17, 15) is 5.11 Å². The molecule has 0 radical (unpaired) electrons. The molecule has 1 aliphatic carbocycles. The number of aliphatic hydroxyl groups is 1. The van der Waals surface area contributed by atoms with Crippen LogP contribution in [0, 0.1) is 0 Å². The number of hydrogen-bond acceptors (Lipinski definition) is 2. The minimum absolute atomic E-state index is 0.107. The highest BCUT2D eigenvalue weighted by molar-refractivity contribution is 9.10. The van der Waals surface area contributed by atoms with Crippen molar-refractivity contribution in [1.29, 1.82) is 0 Å². The monoisotopic (exact) mass is 411 g/mol. The van der Waals surface area contributed by atoms with Crippen molar-refractivity contribution >= 4 is 15.9 Å². The van der Waals surface area contributed by atoms with E-state index in [1.807, 2.05) is 12.1 Å². The first-order chi connectivity index (χ1) is 12.7. The Morgan fingerprint density at radius 3 is 2.77 bits per heavy atom. The molecule has 136 valence electrons. The molecule has 1 fully saturated rings. The van der Waals surface area contributed by atoms with Crippen LogP contribution in [0.4, 0.5) is 0 Å². The Labute approximate surface area is 164 Å². The maximum absolute atomic E-state index is 9.72. The lowest BCUT2D eigenvalue weighted by molar-refractivity contribution is 0.100. The number of halogens is 1. The summed E-state index contributed by atoms with van der Waals surface area (Å²) >= 11 is 3.83. The second-order valence-corrected chi connectivity index (χ2v) is 8.45. The molecular weight excluding hydrogens is 386 g/mol. The molecule has 26 heavy (non-hydrogen) atoms. The van der Waals surface area contributed by atoms with Gasteiger partial charge in [0, 0.05) is 22.5 Å². The predicted octanol–water partition coefficient (Wildman–Crippen LogP) is 5.19. The summed E-state index contributed by atoms with van der Waals surface area (Å²) in [5.74, 6) is 0.543. The number of aliphatic hydroxyl groups excluding tert-OH is 1. The van der Waals surface area contributed by atoms with Gasteiger partial charge in [0.25, 0.3) is 0 Å². The molecule has 2 nitrogen and oxygen atoms in total. The third kappa shape index (κ3) is 2.87. The summed E-state index contributed by atoms with van der Waals surface area (Å²) < 4.78 is 1.26. The van der Waals surface area contributed by atoms with Crippen LogP contribution in [0.1, 0.15) is 47.4 Å². The largest absolute Gasteiger partial charge is 0.392 e. The molecule has 1 heterocycles.